The molecule has 0 saturated carbocycles. The molecular formula is C32H38N4O8S. The van der Waals surface area contributed by atoms with Crippen molar-refractivity contribution in [1.29, 1.82) is 0 Å². The molecule has 0 saturated heterocycles. The molecule has 13 heteroatoms. The van der Waals surface area contributed by atoms with Gasteiger partial charge in [0.2, 0.25) is 11.8 Å². The first-order chi connectivity index (χ1) is 21.5. The summed E-state index contributed by atoms with van der Waals surface area (Å²) in [7, 11) is 1.38. The van der Waals surface area contributed by atoms with Gasteiger partial charge in [0.15, 0.2) is 18.0 Å². The maximum atomic E-state index is 13.8. The first-order valence-corrected chi connectivity index (χ1v) is 15.1. The van der Waals surface area contributed by atoms with E-state index in [9.17, 15) is 24.0 Å². The van der Waals surface area contributed by atoms with Crippen LogP contribution in [0.3, 0.4) is 0 Å². The third kappa shape index (κ3) is 10.8. The molecule has 3 N–H and O–H groups in total. The van der Waals surface area contributed by atoms with Crippen LogP contribution in [0.15, 0.2) is 66.9 Å². The number of rotatable bonds is 17. The van der Waals surface area contributed by atoms with Crippen molar-refractivity contribution in [2.45, 2.75) is 51.3 Å². The highest BCUT2D eigenvalue weighted by molar-refractivity contribution is 7.13. The normalized spacial score (nSPS) is 13.4. The van der Waals surface area contributed by atoms with Gasteiger partial charge in [0, 0.05) is 7.11 Å². The number of carbonyl (C=O) groups is 5. The largest absolute Gasteiger partial charge is 0.482 e. The van der Waals surface area contributed by atoms with Gasteiger partial charge < -0.3 is 30.2 Å². The Morgan fingerprint density at radius 2 is 1.62 bits per heavy atom. The smallest absolute Gasteiger partial charge is 0.345 e. The molecule has 0 bridgehead atoms. The molecule has 1 heterocycles. The van der Waals surface area contributed by atoms with E-state index >= 15 is 0 Å². The van der Waals surface area contributed by atoms with E-state index in [-0.39, 0.29) is 19.4 Å². The minimum atomic E-state index is -1.57. The van der Waals surface area contributed by atoms with Crippen molar-refractivity contribution in [3.63, 3.8) is 0 Å². The Hall–Kier alpha value is -4.62. The van der Waals surface area contributed by atoms with Gasteiger partial charge in [0.05, 0.1) is 30.4 Å². The summed E-state index contributed by atoms with van der Waals surface area (Å²) in [5.41, 5.74) is -0.811. The first-order valence-electron chi connectivity index (χ1n) is 14.3. The summed E-state index contributed by atoms with van der Waals surface area (Å²) in [4.78, 5) is 69.4. The maximum absolute atomic E-state index is 13.8. The quantitative estimate of drug-likeness (QED) is 0.189. The summed E-state index contributed by atoms with van der Waals surface area (Å²) in [6, 6.07) is 15.6. The molecule has 3 atom stereocenters. The lowest BCUT2D eigenvalue weighted by molar-refractivity contribution is -0.169. The number of hydrogen-bond donors (Lipinski definition) is 3. The van der Waals surface area contributed by atoms with Gasteiger partial charge in [-0.1, -0.05) is 55.5 Å². The molecule has 12 nitrogen and oxygen atoms in total. The van der Waals surface area contributed by atoms with Gasteiger partial charge in [-0.3, -0.25) is 19.2 Å². The van der Waals surface area contributed by atoms with Crippen molar-refractivity contribution in [3.8, 4) is 5.75 Å². The van der Waals surface area contributed by atoms with Crippen molar-refractivity contribution < 1.29 is 38.2 Å². The predicted octanol–water partition coefficient (Wildman–Crippen LogP) is 2.40. The van der Waals surface area contributed by atoms with E-state index < -0.39 is 60.3 Å². The standard InChI is InChI=1S/C32H38N4O8S/c1-5-32(3,44-28(38)20-43-23-14-10-7-11-15-23)29(39)24(16-22-12-8-6-9-13-22)35-27(37)18-34-30(40)25(19-42-4)36-31(41)26-17-33-21(2)45-26/h6-15,17,24-25H,5,16,18-20H2,1-4H3,(H,34,40)(H,35,37)(H,36,41)/t24-,25-,32+/m0/s1. The molecule has 0 fully saturated rings. The second-order valence-corrected chi connectivity index (χ2v) is 11.5. The highest BCUT2D eigenvalue weighted by Gasteiger charge is 2.41. The van der Waals surface area contributed by atoms with Crippen LogP contribution in [0.5, 0.6) is 5.75 Å². The highest BCUT2D eigenvalue weighted by Crippen LogP contribution is 2.21. The number of hydrogen-bond acceptors (Lipinski definition) is 10. The number of amides is 3. The fourth-order valence-electron chi connectivity index (χ4n) is 4.25. The van der Waals surface area contributed by atoms with Gasteiger partial charge in [-0.2, -0.15) is 0 Å². The Bertz CT molecular complexity index is 1450. The van der Waals surface area contributed by atoms with Crippen LogP contribution in [-0.2, 0) is 35.1 Å². The highest BCUT2D eigenvalue weighted by atomic mass is 32.1. The molecule has 3 amide bonds. The van der Waals surface area contributed by atoms with Crippen LogP contribution in [0.4, 0.5) is 0 Å². The van der Waals surface area contributed by atoms with Crippen LogP contribution in [-0.4, -0.2) is 79.0 Å². The number of nitrogens with zero attached hydrogens (tertiary/aromatic N) is 1. The van der Waals surface area contributed by atoms with Crippen molar-refractivity contribution in [3.05, 3.63) is 82.3 Å². The fourth-order valence-corrected chi connectivity index (χ4v) is 4.93. The number of aryl methyl sites for hydroxylation is 1. The Morgan fingerprint density at radius 1 is 0.956 bits per heavy atom. The Morgan fingerprint density at radius 3 is 2.22 bits per heavy atom. The second kappa shape index (κ2) is 17.0. The molecule has 1 aromatic heterocycles. The molecule has 0 radical (unpaired) electrons. The number of benzene rings is 2. The number of Topliss-reactive ketones (excluding diaryl/α,β-unsaturated/α-hetero) is 1. The van der Waals surface area contributed by atoms with Gasteiger partial charge in [0.1, 0.15) is 16.7 Å². The summed E-state index contributed by atoms with van der Waals surface area (Å²) in [5.74, 6) is -2.60. The lowest BCUT2D eigenvalue weighted by Crippen LogP contribution is -2.56. The second-order valence-electron chi connectivity index (χ2n) is 10.3. The van der Waals surface area contributed by atoms with Crippen LogP contribution >= 0.6 is 11.3 Å². The molecule has 0 aliphatic heterocycles. The van der Waals surface area contributed by atoms with Crippen molar-refractivity contribution in [1.82, 2.24) is 20.9 Å². The van der Waals surface area contributed by atoms with Crippen molar-refractivity contribution in [2.24, 2.45) is 0 Å². The zero-order valence-corrected chi connectivity index (χ0v) is 26.5. The number of esters is 1. The predicted molar refractivity (Wildman–Crippen MR) is 167 cm³/mol. The minimum absolute atomic E-state index is 0.115. The van der Waals surface area contributed by atoms with Crippen LogP contribution in [0, 0.1) is 6.92 Å². The Balaban J connectivity index is 1.66. The van der Waals surface area contributed by atoms with Crippen LogP contribution in [0.1, 0.15) is 40.5 Å². The number of ether oxygens (including phenoxy) is 3. The Kier molecular flexibility index (Phi) is 13.2. The molecule has 2 aromatic carbocycles. The lowest BCUT2D eigenvalue weighted by Gasteiger charge is -2.31. The lowest BCUT2D eigenvalue weighted by atomic mass is 9.88. The molecule has 0 aliphatic rings. The van der Waals surface area contributed by atoms with E-state index in [0.29, 0.717) is 15.6 Å². The molecule has 0 unspecified atom stereocenters. The topological polar surface area (TPSA) is 162 Å². The number of methoxy groups -OCH3 is 1. The number of thiazole rings is 1. The molecule has 45 heavy (non-hydrogen) atoms. The van der Waals surface area contributed by atoms with Gasteiger partial charge in [-0.25, -0.2) is 9.78 Å². The number of carbonyl (C=O) groups excluding carboxylic acids is 5. The van der Waals surface area contributed by atoms with E-state index in [0.717, 1.165) is 5.56 Å². The first kappa shape index (κ1) is 34.9. The molecule has 0 aliphatic carbocycles. The SMILES string of the molecule is CC[C@@](C)(OC(=O)COc1ccccc1)C(=O)[C@H](Cc1ccccc1)NC(=O)CNC(=O)[C@H](COC)NC(=O)c1cnc(C)s1. The Labute approximate surface area is 265 Å². The molecule has 0 spiro atoms. The van der Waals surface area contributed by atoms with Crippen LogP contribution < -0.4 is 20.7 Å². The summed E-state index contributed by atoms with van der Waals surface area (Å²) < 4.78 is 16.2. The number of aromatic nitrogens is 1. The van der Waals surface area contributed by atoms with Gasteiger partial charge in [-0.05, 0) is 44.4 Å². The van der Waals surface area contributed by atoms with Crippen molar-refractivity contribution in [2.75, 3.05) is 26.9 Å². The third-order valence-corrected chi connectivity index (χ3v) is 7.70. The molecule has 3 rings (SSSR count). The summed E-state index contributed by atoms with van der Waals surface area (Å²) in [6.07, 6.45) is 1.66. The summed E-state index contributed by atoms with van der Waals surface area (Å²) >= 11 is 1.17. The summed E-state index contributed by atoms with van der Waals surface area (Å²) in [5, 5.41) is 8.44. The fraction of sp³-hybridized carbons (Fsp3) is 0.375. The number of para-hydroxylation sites is 1. The van der Waals surface area contributed by atoms with E-state index in [1.165, 1.54) is 31.6 Å². The van der Waals surface area contributed by atoms with E-state index in [1.54, 1.807) is 62.4 Å². The van der Waals surface area contributed by atoms with Gasteiger partial charge in [-0.15, -0.1) is 11.3 Å². The van der Waals surface area contributed by atoms with Gasteiger partial charge in [0.25, 0.3) is 5.91 Å². The zero-order chi connectivity index (χ0) is 32.8. The van der Waals surface area contributed by atoms with Gasteiger partial charge >= 0.3 is 5.97 Å². The molecule has 240 valence electrons. The maximum Gasteiger partial charge on any atom is 0.345 e. The monoisotopic (exact) mass is 638 g/mol. The molecular weight excluding hydrogens is 600 g/mol. The number of nitrogens with one attached hydrogen (secondary N) is 3. The zero-order valence-electron chi connectivity index (χ0n) is 25.7. The number of ketones is 1. The van der Waals surface area contributed by atoms with E-state index in [2.05, 4.69) is 20.9 Å². The average molecular weight is 639 g/mol. The molecule has 3 aromatic rings. The average Bonchev–Trinajstić information content (AvgIpc) is 3.49. The summed E-state index contributed by atoms with van der Waals surface area (Å²) in [6.45, 7) is 3.91. The van der Waals surface area contributed by atoms with Crippen molar-refractivity contribution >= 4 is 40.8 Å². The van der Waals surface area contributed by atoms with Crippen LogP contribution in [0.2, 0.25) is 0 Å². The van der Waals surface area contributed by atoms with E-state index in [1.807, 2.05) is 12.1 Å². The third-order valence-electron chi connectivity index (χ3n) is 6.79. The van der Waals surface area contributed by atoms with E-state index in [4.69, 9.17) is 14.2 Å². The van der Waals surface area contributed by atoms with Crippen LogP contribution in [0.25, 0.3) is 0 Å². The minimum Gasteiger partial charge on any atom is -0.482 e.